The predicted molar refractivity (Wildman–Crippen MR) is 123 cm³/mol. The van der Waals surface area contributed by atoms with Crippen LogP contribution in [0.25, 0.3) is 0 Å². The molecule has 10 heteroatoms. The van der Waals surface area contributed by atoms with Gasteiger partial charge in [-0.2, -0.15) is 11.3 Å². The first-order valence-corrected chi connectivity index (χ1v) is 12.0. The second-order valence-electron chi connectivity index (χ2n) is 8.09. The fourth-order valence-corrected chi connectivity index (χ4v) is 4.80. The van der Waals surface area contributed by atoms with Crippen molar-refractivity contribution in [2.24, 2.45) is 0 Å². The van der Waals surface area contributed by atoms with Crippen LogP contribution in [0.4, 0.5) is 9.59 Å². The van der Waals surface area contributed by atoms with Crippen LogP contribution in [-0.4, -0.2) is 85.2 Å². The highest BCUT2D eigenvalue weighted by molar-refractivity contribution is 7.08. The minimum atomic E-state index is -0.544. The molecular formula is C22H33N5O4S. The molecule has 0 aromatic carbocycles. The van der Waals surface area contributed by atoms with Crippen molar-refractivity contribution in [2.75, 3.05) is 46.4 Å². The van der Waals surface area contributed by atoms with Crippen LogP contribution in [0, 0.1) is 0 Å². The summed E-state index contributed by atoms with van der Waals surface area (Å²) >= 11 is 1.51. The number of urea groups is 2. The van der Waals surface area contributed by atoms with Gasteiger partial charge in [0.15, 0.2) is 0 Å². The van der Waals surface area contributed by atoms with E-state index in [0.29, 0.717) is 44.0 Å². The predicted octanol–water partition coefficient (Wildman–Crippen LogP) is 2.39. The van der Waals surface area contributed by atoms with Crippen molar-refractivity contribution >= 4 is 29.4 Å². The third kappa shape index (κ3) is 5.24. The maximum absolute atomic E-state index is 13.0. The molecule has 4 amide bonds. The zero-order valence-corrected chi connectivity index (χ0v) is 20.0. The van der Waals surface area contributed by atoms with E-state index in [4.69, 9.17) is 4.74 Å². The highest BCUT2D eigenvalue weighted by Gasteiger charge is 2.38. The van der Waals surface area contributed by atoms with Gasteiger partial charge in [-0.15, -0.1) is 0 Å². The number of thiophene rings is 1. The molecular weight excluding hydrogens is 430 g/mol. The molecule has 2 N–H and O–H groups in total. The molecule has 176 valence electrons. The lowest BCUT2D eigenvalue weighted by atomic mass is 9.96. The second kappa shape index (κ2) is 10.8. The summed E-state index contributed by atoms with van der Waals surface area (Å²) < 4.78 is 5.37. The van der Waals surface area contributed by atoms with Crippen molar-refractivity contribution in [3.8, 4) is 0 Å². The summed E-state index contributed by atoms with van der Waals surface area (Å²) in [5.74, 6) is -0.420. The van der Waals surface area contributed by atoms with Gasteiger partial charge >= 0.3 is 18.0 Å². The molecule has 1 aromatic rings. The summed E-state index contributed by atoms with van der Waals surface area (Å²) in [5, 5.41) is 9.72. The maximum atomic E-state index is 13.0. The topological polar surface area (TPSA) is 94.2 Å². The van der Waals surface area contributed by atoms with E-state index in [1.807, 2.05) is 35.6 Å². The molecule has 1 aromatic heterocycles. The molecule has 0 unspecified atom stereocenters. The number of hydrogen-bond acceptors (Lipinski definition) is 6. The molecule has 9 nitrogen and oxygen atoms in total. The van der Waals surface area contributed by atoms with E-state index in [1.165, 1.54) is 16.2 Å². The van der Waals surface area contributed by atoms with Gasteiger partial charge in [-0.3, -0.25) is 9.80 Å². The smallest absolute Gasteiger partial charge is 0.338 e. The Bertz CT molecular complexity index is 857. The fourth-order valence-electron chi connectivity index (χ4n) is 4.11. The second-order valence-corrected chi connectivity index (χ2v) is 8.87. The largest absolute Gasteiger partial charge is 0.463 e. The van der Waals surface area contributed by atoms with Crippen LogP contribution in [0.15, 0.2) is 28.1 Å². The first kappa shape index (κ1) is 24.1. The molecule has 3 heterocycles. The number of hydrogen-bond donors (Lipinski definition) is 2. The standard InChI is InChI=1S/C22H33N5O4S/c1-5-8-23-21(29)27-10-9-26(12-15(27)3)13-17-18(20(28)31-6-2)19(16-7-11-32-14-16)24-22(30)25(17)4/h7,11,14-15,19H,5-6,8-10,12-13H2,1-4H3,(H,23,29)(H,24,30)/t15-,19-/m1/s1. The highest BCUT2D eigenvalue weighted by Crippen LogP contribution is 2.32. The number of rotatable bonds is 7. The average molecular weight is 464 g/mol. The van der Waals surface area contributed by atoms with E-state index < -0.39 is 12.0 Å². The molecule has 2 atom stereocenters. The van der Waals surface area contributed by atoms with Gasteiger partial charge in [0, 0.05) is 51.5 Å². The van der Waals surface area contributed by atoms with Crippen molar-refractivity contribution < 1.29 is 19.1 Å². The summed E-state index contributed by atoms with van der Waals surface area (Å²) in [7, 11) is 1.67. The minimum Gasteiger partial charge on any atom is -0.463 e. The van der Waals surface area contributed by atoms with Crippen LogP contribution >= 0.6 is 11.3 Å². The van der Waals surface area contributed by atoms with Gasteiger partial charge in [-0.05, 0) is 42.7 Å². The van der Waals surface area contributed by atoms with Gasteiger partial charge in [-0.25, -0.2) is 14.4 Å². The summed E-state index contributed by atoms with van der Waals surface area (Å²) in [6.45, 7) is 9.04. The number of amides is 4. The molecule has 0 spiro atoms. The van der Waals surface area contributed by atoms with Crippen LogP contribution in [0.5, 0.6) is 0 Å². The van der Waals surface area contributed by atoms with Gasteiger partial charge in [0.05, 0.1) is 18.2 Å². The molecule has 0 aliphatic carbocycles. The molecule has 1 fully saturated rings. The van der Waals surface area contributed by atoms with E-state index >= 15 is 0 Å². The normalized spacial score (nSPS) is 22.1. The van der Waals surface area contributed by atoms with Crippen LogP contribution in [0.1, 0.15) is 38.8 Å². The molecule has 0 saturated carbocycles. The number of piperazine rings is 1. The summed E-state index contributed by atoms with van der Waals surface area (Å²) in [4.78, 5) is 43.7. The van der Waals surface area contributed by atoms with Crippen molar-refractivity contribution in [3.05, 3.63) is 33.7 Å². The lowest BCUT2D eigenvalue weighted by Gasteiger charge is -2.42. The monoisotopic (exact) mass is 463 g/mol. The number of esters is 1. The molecule has 2 aliphatic heterocycles. The van der Waals surface area contributed by atoms with E-state index in [9.17, 15) is 14.4 Å². The molecule has 2 aliphatic rings. The molecule has 0 radical (unpaired) electrons. The van der Waals surface area contributed by atoms with Crippen LogP contribution in [0.3, 0.4) is 0 Å². The quantitative estimate of drug-likeness (QED) is 0.606. The minimum absolute atomic E-state index is 0.0163. The number of nitrogens with one attached hydrogen (secondary N) is 2. The summed E-state index contributed by atoms with van der Waals surface area (Å²) in [6, 6.07) is 1.08. The van der Waals surface area contributed by atoms with Crippen LogP contribution < -0.4 is 10.6 Å². The van der Waals surface area contributed by atoms with Crippen molar-refractivity contribution in [3.63, 3.8) is 0 Å². The lowest BCUT2D eigenvalue weighted by molar-refractivity contribution is -0.139. The third-order valence-corrected chi connectivity index (χ3v) is 6.52. The van der Waals surface area contributed by atoms with E-state index in [2.05, 4.69) is 15.5 Å². The maximum Gasteiger partial charge on any atom is 0.338 e. The van der Waals surface area contributed by atoms with Crippen LogP contribution in [-0.2, 0) is 9.53 Å². The first-order valence-electron chi connectivity index (χ1n) is 11.1. The Morgan fingerprint density at radius 1 is 1.31 bits per heavy atom. The van der Waals surface area contributed by atoms with Crippen molar-refractivity contribution in [1.82, 2.24) is 25.3 Å². The number of likely N-dealkylation sites (N-methyl/N-ethyl adjacent to an activating group) is 1. The van der Waals surface area contributed by atoms with Gasteiger partial charge in [0.1, 0.15) is 0 Å². The average Bonchev–Trinajstić information content (AvgIpc) is 3.30. The number of carbonyl (C=O) groups excluding carboxylic acids is 3. The summed E-state index contributed by atoms with van der Waals surface area (Å²) in [6.07, 6.45) is 0.893. The molecule has 3 rings (SSSR count). The Labute approximate surface area is 193 Å². The Morgan fingerprint density at radius 3 is 2.72 bits per heavy atom. The third-order valence-electron chi connectivity index (χ3n) is 5.82. The van der Waals surface area contributed by atoms with Gasteiger partial charge in [0.25, 0.3) is 0 Å². The van der Waals surface area contributed by atoms with Crippen molar-refractivity contribution in [2.45, 2.75) is 39.3 Å². The van der Waals surface area contributed by atoms with E-state index in [0.717, 1.165) is 12.0 Å². The first-order chi connectivity index (χ1) is 15.4. The SMILES string of the molecule is CCCNC(=O)N1CCN(CC2=C(C(=O)OCC)[C@@H](c3ccsc3)NC(=O)N2C)C[C@H]1C. The van der Waals surface area contributed by atoms with Gasteiger partial charge in [0.2, 0.25) is 0 Å². The molecule has 32 heavy (non-hydrogen) atoms. The summed E-state index contributed by atoms with van der Waals surface area (Å²) in [5.41, 5.74) is 1.96. The van der Waals surface area contributed by atoms with Crippen molar-refractivity contribution in [1.29, 1.82) is 0 Å². The lowest BCUT2D eigenvalue weighted by Crippen LogP contribution is -2.58. The number of nitrogens with zero attached hydrogens (tertiary/aromatic N) is 3. The zero-order chi connectivity index (χ0) is 23.3. The highest BCUT2D eigenvalue weighted by atomic mass is 32.1. The Morgan fingerprint density at radius 2 is 2.09 bits per heavy atom. The van der Waals surface area contributed by atoms with Gasteiger partial charge in [-0.1, -0.05) is 6.92 Å². The molecule has 0 bridgehead atoms. The number of ether oxygens (including phenoxy) is 1. The Balaban J connectivity index is 1.84. The Kier molecular flexibility index (Phi) is 8.14. The number of carbonyl (C=O) groups is 3. The Hall–Kier alpha value is -2.59. The van der Waals surface area contributed by atoms with E-state index in [1.54, 1.807) is 14.0 Å². The zero-order valence-electron chi connectivity index (χ0n) is 19.2. The fraction of sp³-hybridized carbons (Fsp3) is 0.591. The van der Waals surface area contributed by atoms with Gasteiger partial charge < -0.3 is 20.3 Å². The van der Waals surface area contributed by atoms with Crippen LogP contribution in [0.2, 0.25) is 0 Å². The van der Waals surface area contributed by atoms with E-state index in [-0.39, 0.29) is 24.7 Å². The molecule has 1 saturated heterocycles.